The van der Waals surface area contributed by atoms with Crippen LogP contribution in [0.15, 0.2) is 36.7 Å². The molecular formula is C20H25N3O. The minimum absolute atomic E-state index is 0.511. The zero-order valence-electron chi connectivity index (χ0n) is 14.1. The Morgan fingerprint density at radius 2 is 2.00 bits per heavy atom. The molecule has 126 valence electrons. The minimum Gasteiger partial charge on any atom is -0.490 e. The first kappa shape index (κ1) is 15.5. The molecule has 4 heteroatoms. The van der Waals surface area contributed by atoms with Crippen LogP contribution in [0.2, 0.25) is 0 Å². The SMILES string of the molecule is c1cc2c(cc1CCc1cncc(OCC3CCN3)c1)NCCC2. The van der Waals surface area contributed by atoms with Crippen molar-refractivity contribution in [2.75, 3.05) is 25.0 Å². The molecule has 1 aromatic carbocycles. The van der Waals surface area contributed by atoms with Crippen molar-refractivity contribution < 1.29 is 4.74 Å². The summed E-state index contributed by atoms with van der Waals surface area (Å²) < 4.78 is 5.84. The first-order valence-corrected chi connectivity index (χ1v) is 9.02. The van der Waals surface area contributed by atoms with Gasteiger partial charge in [0, 0.05) is 24.5 Å². The molecule has 2 aliphatic rings. The van der Waals surface area contributed by atoms with Crippen LogP contribution in [0, 0.1) is 0 Å². The number of aryl methyl sites for hydroxylation is 3. The third kappa shape index (κ3) is 3.70. The Bertz CT molecular complexity index is 697. The van der Waals surface area contributed by atoms with Crippen LogP contribution in [0.25, 0.3) is 0 Å². The second kappa shape index (κ2) is 7.22. The Labute approximate surface area is 143 Å². The standard InChI is InChI=1S/C20H25N3O/c1-2-17-6-5-15(11-20(17)23-8-1)3-4-16-10-19(13-21-12-16)24-14-18-7-9-22-18/h5-6,10-13,18,22-23H,1-4,7-9,14H2. The second-order valence-corrected chi connectivity index (χ2v) is 6.80. The monoisotopic (exact) mass is 323 g/mol. The highest BCUT2D eigenvalue weighted by molar-refractivity contribution is 5.55. The van der Waals surface area contributed by atoms with Crippen LogP contribution >= 0.6 is 0 Å². The highest BCUT2D eigenvalue weighted by Gasteiger charge is 2.16. The third-order valence-electron chi connectivity index (χ3n) is 4.96. The van der Waals surface area contributed by atoms with Crippen molar-refractivity contribution >= 4 is 5.69 Å². The molecule has 1 fully saturated rings. The Hall–Kier alpha value is -2.07. The van der Waals surface area contributed by atoms with Gasteiger partial charge < -0.3 is 15.4 Å². The average molecular weight is 323 g/mol. The smallest absolute Gasteiger partial charge is 0.137 e. The summed E-state index contributed by atoms with van der Waals surface area (Å²) in [6.07, 6.45) is 9.42. The fourth-order valence-corrected chi connectivity index (χ4v) is 3.32. The molecule has 0 bridgehead atoms. The van der Waals surface area contributed by atoms with Gasteiger partial charge in [0.1, 0.15) is 12.4 Å². The van der Waals surface area contributed by atoms with Crippen molar-refractivity contribution in [2.24, 2.45) is 0 Å². The zero-order valence-corrected chi connectivity index (χ0v) is 14.1. The number of pyridine rings is 1. The first-order valence-electron chi connectivity index (χ1n) is 9.02. The quantitative estimate of drug-likeness (QED) is 0.858. The van der Waals surface area contributed by atoms with Gasteiger partial charge in [0.25, 0.3) is 0 Å². The fraction of sp³-hybridized carbons (Fsp3) is 0.450. The van der Waals surface area contributed by atoms with Crippen molar-refractivity contribution in [1.29, 1.82) is 0 Å². The molecule has 0 aliphatic carbocycles. The molecule has 2 aliphatic heterocycles. The predicted molar refractivity (Wildman–Crippen MR) is 96.8 cm³/mol. The number of nitrogens with zero attached hydrogens (tertiary/aromatic N) is 1. The van der Waals surface area contributed by atoms with Gasteiger partial charge in [0.05, 0.1) is 6.20 Å². The van der Waals surface area contributed by atoms with Crippen molar-refractivity contribution in [3.63, 3.8) is 0 Å². The van der Waals surface area contributed by atoms with E-state index < -0.39 is 0 Å². The van der Waals surface area contributed by atoms with Crippen LogP contribution < -0.4 is 15.4 Å². The van der Waals surface area contributed by atoms with Crippen LogP contribution in [-0.2, 0) is 19.3 Å². The van der Waals surface area contributed by atoms with Crippen molar-refractivity contribution in [3.8, 4) is 5.75 Å². The number of rotatable bonds is 6. The molecule has 3 heterocycles. The number of ether oxygens (including phenoxy) is 1. The first-order chi connectivity index (χ1) is 11.9. The number of hydrogen-bond acceptors (Lipinski definition) is 4. The topological polar surface area (TPSA) is 46.2 Å². The maximum absolute atomic E-state index is 5.84. The van der Waals surface area contributed by atoms with Crippen LogP contribution in [0.5, 0.6) is 5.75 Å². The van der Waals surface area contributed by atoms with E-state index in [9.17, 15) is 0 Å². The Morgan fingerprint density at radius 1 is 1.08 bits per heavy atom. The normalized spacial score (nSPS) is 19.1. The third-order valence-corrected chi connectivity index (χ3v) is 4.96. The highest BCUT2D eigenvalue weighted by atomic mass is 16.5. The summed E-state index contributed by atoms with van der Waals surface area (Å²) in [6.45, 7) is 2.94. The summed E-state index contributed by atoms with van der Waals surface area (Å²) in [5.74, 6) is 0.883. The van der Waals surface area contributed by atoms with Crippen molar-refractivity contribution in [3.05, 3.63) is 53.3 Å². The van der Waals surface area contributed by atoms with Crippen LogP contribution in [0.3, 0.4) is 0 Å². The van der Waals surface area contributed by atoms with Gasteiger partial charge in [0.2, 0.25) is 0 Å². The Kier molecular flexibility index (Phi) is 4.65. The molecule has 2 aromatic rings. The molecule has 0 saturated carbocycles. The molecule has 0 spiro atoms. The second-order valence-electron chi connectivity index (χ2n) is 6.80. The predicted octanol–water partition coefficient (Wildman–Crippen LogP) is 2.97. The lowest BCUT2D eigenvalue weighted by molar-refractivity contribution is 0.217. The number of nitrogens with one attached hydrogen (secondary N) is 2. The summed E-state index contributed by atoms with van der Waals surface area (Å²) in [7, 11) is 0. The number of anilines is 1. The van der Waals surface area contributed by atoms with Gasteiger partial charge in [-0.15, -0.1) is 0 Å². The molecule has 0 radical (unpaired) electrons. The van der Waals surface area contributed by atoms with E-state index in [0.29, 0.717) is 6.04 Å². The fourth-order valence-electron chi connectivity index (χ4n) is 3.32. The molecule has 1 atom stereocenters. The minimum atomic E-state index is 0.511. The number of benzene rings is 1. The molecule has 2 N–H and O–H groups in total. The number of aromatic nitrogens is 1. The van der Waals surface area contributed by atoms with Crippen molar-refractivity contribution in [1.82, 2.24) is 10.3 Å². The summed E-state index contributed by atoms with van der Waals surface area (Å²) >= 11 is 0. The summed E-state index contributed by atoms with van der Waals surface area (Å²) in [4.78, 5) is 4.33. The number of fused-ring (bicyclic) bond motifs is 1. The molecule has 0 amide bonds. The maximum Gasteiger partial charge on any atom is 0.137 e. The van der Waals surface area contributed by atoms with Crippen LogP contribution in [0.4, 0.5) is 5.69 Å². The zero-order chi connectivity index (χ0) is 16.2. The van der Waals surface area contributed by atoms with E-state index in [0.717, 1.165) is 38.3 Å². The molecular weight excluding hydrogens is 298 g/mol. The van der Waals surface area contributed by atoms with Gasteiger partial charge in [-0.2, -0.15) is 0 Å². The van der Waals surface area contributed by atoms with Gasteiger partial charge in [-0.3, -0.25) is 4.98 Å². The molecule has 1 saturated heterocycles. The lowest BCUT2D eigenvalue weighted by Gasteiger charge is -2.27. The molecule has 4 nitrogen and oxygen atoms in total. The molecule has 1 aromatic heterocycles. The summed E-state index contributed by atoms with van der Waals surface area (Å²) in [6, 6.07) is 9.49. The van der Waals surface area contributed by atoms with Crippen LogP contribution in [-0.4, -0.2) is 30.7 Å². The molecule has 24 heavy (non-hydrogen) atoms. The average Bonchev–Trinajstić information content (AvgIpc) is 2.59. The van der Waals surface area contributed by atoms with E-state index in [2.05, 4.69) is 39.9 Å². The van der Waals surface area contributed by atoms with Gasteiger partial charge in [-0.05, 0) is 67.5 Å². The van der Waals surface area contributed by atoms with Gasteiger partial charge >= 0.3 is 0 Å². The van der Waals surface area contributed by atoms with Gasteiger partial charge in [0.15, 0.2) is 0 Å². The lowest BCUT2D eigenvalue weighted by Crippen LogP contribution is -2.46. The summed E-state index contributed by atoms with van der Waals surface area (Å²) in [5.41, 5.74) is 5.39. The van der Waals surface area contributed by atoms with Crippen molar-refractivity contribution in [2.45, 2.75) is 38.1 Å². The van der Waals surface area contributed by atoms with E-state index in [1.54, 1.807) is 0 Å². The molecule has 4 rings (SSSR count). The maximum atomic E-state index is 5.84. The van der Waals surface area contributed by atoms with E-state index in [1.807, 2.05) is 12.4 Å². The van der Waals surface area contributed by atoms with E-state index >= 15 is 0 Å². The Balaban J connectivity index is 1.35. The number of hydrogen-bond donors (Lipinski definition) is 2. The van der Waals surface area contributed by atoms with E-state index in [4.69, 9.17) is 4.74 Å². The van der Waals surface area contributed by atoms with E-state index in [-0.39, 0.29) is 0 Å². The van der Waals surface area contributed by atoms with Gasteiger partial charge in [-0.25, -0.2) is 0 Å². The van der Waals surface area contributed by atoms with Gasteiger partial charge in [-0.1, -0.05) is 12.1 Å². The molecule has 1 unspecified atom stereocenters. The van der Waals surface area contributed by atoms with E-state index in [1.165, 1.54) is 41.6 Å². The lowest BCUT2D eigenvalue weighted by atomic mass is 9.98. The van der Waals surface area contributed by atoms with Crippen LogP contribution in [0.1, 0.15) is 29.5 Å². The Morgan fingerprint density at radius 3 is 2.88 bits per heavy atom. The highest BCUT2D eigenvalue weighted by Crippen LogP contribution is 2.24. The summed E-state index contributed by atoms with van der Waals surface area (Å²) in [5, 5.41) is 6.86. The largest absolute Gasteiger partial charge is 0.490 e.